The van der Waals surface area contributed by atoms with Crippen LogP contribution < -0.4 is 0 Å². The van der Waals surface area contributed by atoms with Gasteiger partial charge in [-0.25, -0.2) is 0 Å². The number of carbonyl (C=O) groups is 2. The van der Waals surface area contributed by atoms with Crippen molar-refractivity contribution in [1.29, 1.82) is 0 Å². The monoisotopic (exact) mass is 409 g/mol. The first-order chi connectivity index (χ1) is 14.7. The third-order valence-electron chi connectivity index (χ3n) is 6.14. The van der Waals surface area contributed by atoms with Gasteiger partial charge in [0.25, 0.3) is 0 Å². The molecule has 0 atom stereocenters. The number of para-hydroxylation sites is 1. The van der Waals surface area contributed by atoms with Crippen LogP contribution in [-0.4, -0.2) is 72.3 Å². The van der Waals surface area contributed by atoms with E-state index in [0.29, 0.717) is 13.1 Å². The summed E-state index contributed by atoms with van der Waals surface area (Å²) in [4.78, 5) is 31.3. The summed E-state index contributed by atoms with van der Waals surface area (Å²) in [6, 6.07) is 7.94. The van der Waals surface area contributed by atoms with Crippen LogP contribution in [-0.2, 0) is 16.0 Å². The fourth-order valence-electron chi connectivity index (χ4n) is 4.43. The second-order valence-corrected chi connectivity index (χ2v) is 8.16. The predicted octanol–water partition coefficient (Wildman–Crippen LogP) is 3.17. The smallest absolute Gasteiger partial charge is 0.246 e. The fraction of sp³-hybridized carbons (Fsp3) is 0.500. The number of amides is 2. The zero-order valence-corrected chi connectivity index (χ0v) is 17.8. The van der Waals surface area contributed by atoms with Gasteiger partial charge in [0.2, 0.25) is 11.8 Å². The molecule has 2 aliphatic rings. The highest BCUT2D eigenvalue weighted by molar-refractivity contribution is 5.96. The Morgan fingerprint density at radius 1 is 0.967 bits per heavy atom. The van der Waals surface area contributed by atoms with Crippen LogP contribution in [0.4, 0.5) is 0 Å². The first-order valence-corrected chi connectivity index (χ1v) is 11.1. The van der Waals surface area contributed by atoms with Gasteiger partial charge in [0.05, 0.1) is 6.54 Å². The Morgan fingerprint density at radius 2 is 1.73 bits per heavy atom. The van der Waals surface area contributed by atoms with E-state index >= 15 is 0 Å². The van der Waals surface area contributed by atoms with E-state index in [9.17, 15) is 9.59 Å². The van der Waals surface area contributed by atoms with E-state index in [4.69, 9.17) is 4.42 Å². The van der Waals surface area contributed by atoms with Gasteiger partial charge in [0.15, 0.2) is 0 Å². The van der Waals surface area contributed by atoms with Crippen LogP contribution >= 0.6 is 0 Å². The van der Waals surface area contributed by atoms with Crippen LogP contribution in [0.2, 0.25) is 0 Å². The molecule has 0 aliphatic carbocycles. The molecule has 6 heteroatoms. The highest BCUT2D eigenvalue weighted by atomic mass is 16.3. The van der Waals surface area contributed by atoms with Crippen LogP contribution in [0.1, 0.15) is 37.5 Å². The Hall–Kier alpha value is -2.60. The first kappa shape index (κ1) is 20.7. The maximum atomic E-state index is 12.8. The molecule has 3 heterocycles. The molecule has 2 fully saturated rings. The summed E-state index contributed by atoms with van der Waals surface area (Å²) in [5, 5.41) is 1.04. The normalized spacial score (nSPS) is 18.4. The van der Waals surface area contributed by atoms with Crippen molar-refractivity contribution in [3.05, 3.63) is 41.7 Å². The van der Waals surface area contributed by atoms with Gasteiger partial charge in [-0.3, -0.25) is 14.5 Å². The van der Waals surface area contributed by atoms with Gasteiger partial charge in [-0.05, 0) is 31.4 Å². The molecule has 2 amide bonds. The molecule has 6 nitrogen and oxygen atoms in total. The molecule has 160 valence electrons. The molecular weight excluding hydrogens is 378 g/mol. The Bertz CT molecular complexity index is 927. The average Bonchev–Trinajstić information content (AvgIpc) is 3.36. The second-order valence-electron chi connectivity index (χ2n) is 8.16. The second kappa shape index (κ2) is 9.47. The molecule has 0 bridgehead atoms. The van der Waals surface area contributed by atoms with E-state index < -0.39 is 0 Å². The summed E-state index contributed by atoms with van der Waals surface area (Å²) >= 11 is 0. The minimum atomic E-state index is 0.0232. The number of rotatable bonds is 5. The molecule has 2 saturated heterocycles. The average molecular weight is 410 g/mol. The lowest BCUT2D eigenvalue weighted by Crippen LogP contribution is -2.41. The Morgan fingerprint density at radius 3 is 2.53 bits per heavy atom. The lowest BCUT2D eigenvalue weighted by molar-refractivity contribution is -0.131. The van der Waals surface area contributed by atoms with Gasteiger partial charge < -0.3 is 14.2 Å². The number of hydrogen-bond donors (Lipinski definition) is 0. The molecule has 2 aromatic rings. The van der Waals surface area contributed by atoms with Crippen molar-refractivity contribution in [3.63, 3.8) is 0 Å². The molecule has 0 radical (unpaired) electrons. The van der Waals surface area contributed by atoms with Gasteiger partial charge in [-0.2, -0.15) is 0 Å². The molecule has 1 aromatic heterocycles. The fourth-order valence-corrected chi connectivity index (χ4v) is 4.43. The van der Waals surface area contributed by atoms with Crippen molar-refractivity contribution in [2.24, 2.45) is 0 Å². The van der Waals surface area contributed by atoms with Crippen LogP contribution in [0.15, 0.2) is 34.8 Å². The van der Waals surface area contributed by atoms with Crippen molar-refractivity contribution in [1.82, 2.24) is 14.7 Å². The van der Waals surface area contributed by atoms with Crippen molar-refractivity contribution in [2.75, 3.05) is 45.8 Å². The van der Waals surface area contributed by atoms with Gasteiger partial charge in [0, 0.05) is 62.7 Å². The minimum Gasteiger partial charge on any atom is -0.460 e. The maximum Gasteiger partial charge on any atom is 0.246 e. The molecule has 0 spiro atoms. The van der Waals surface area contributed by atoms with E-state index in [1.54, 1.807) is 6.08 Å². The lowest BCUT2D eigenvalue weighted by Gasteiger charge is -2.23. The van der Waals surface area contributed by atoms with Crippen LogP contribution in [0.25, 0.3) is 17.0 Å². The molecular formula is C24H31N3O3. The summed E-state index contributed by atoms with van der Waals surface area (Å²) in [5.41, 5.74) is 1.85. The molecule has 30 heavy (non-hydrogen) atoms. The zero-order chi connectivity index (χ0) is 20.9. The summed E-state index contributed by atoms with van der Waals surface area (Å²) in [6.07, 6.45) is 7.47. The molecule has 0 unspecified atom stereocenters. The number of aryl methyl sites for hydroxylation is 1. The summed E-state index contributed by atoms with van der Waals surface area (Å²) in [7, 11) is 0. The number of carbonyl (C=O) groups excluding carboxylic acids is 2. The van der Waals surface area contributed by atoms with Gasteiger partial charge in [-0.1, -0.05) is 25.1 Å². The molecule has 2 aliphatic heterocycles. The quantitative estimate of drug-likeness (QED) is 0.712. The summed E-state index contributed by atoms with van der Waals surface area (Å²) < 4.78 is 5.92. The Balaban J connectivity index is 1.37. The first-order valence-electron chi connectivity index (χ1n) is 11.1. The minimum absolute atomic E-state index is 0.0232. The van der Waals surface area contributed by atoms with E-state index in [1.807, 2.05) is 40.1 Å². The number of fused-ring (bicyclic) bond motifs is 1. The third kappa shape index (κ3) is 4.59. The topological polar surface area (TPSA) is 57.0 Å². The zero-order valence-electron chi connectivity index (χ0n) is 17.8. The third-order valence-corrected chi connectivity index (χ3v) is 6.14. The summed E-state index contributed by atoms with van der Waals surface area (Å²) in [6.45, 7) is 7.30. The Kier molecular flexibility index (Phi) is 6.53. The predicted molar refractivity (Wildman–Crippen MR) is 118 cm³/mol. The van der Waals surface area contributed by atoms with Crippen molar-refractivity contribution in [3.8, 4) is 0 Å². The molecule has 1 aromatic carbocycles. The van der Waals surface area contributed by atoms with E-state index in [0.717, 1.165) is 80.7 Å². The van der Waals surface area contributed by atoms with Gasteiger partial charge >= 0.3 is 0 Å². The van der Waals surface area contributed by atoms with Crippen LogP contribution in [0.3, 0.4) is 0 Å². The lowest BCUT2D eigenvalue weighted by atomic mass is 10.1. The van der Waals surface area contributed by atoms with Crippen molar-refractivity contribution in [2.45, 2.75) is 32.6 Å². The standard InChI is InChI=1S/C24H31N3O3/c1-2-21-20(19-8-3-4-9-22(19)30-21)10-11-23(28)27-15-7-12-25(16-17-27)18-24(29)26-13-5-6-14-26/h3-4,8-11H,2,5-7,12-18H2,1H3. The maximum absolute atomic E-state index is 12.8. The van der Waals surface area contributed by atoms with Gasteiger partial charge in [0.1, 0.15) is 11.3 Å². The van der Waals surface area contributed by atoms with E-state index in [1.165, 1.54) is 0 Å². The highest BCUT2D eigenvalue weighted by Gasteiger charge is 2.23. The van der Waals surface area contributed by atoms with Gasteiger partial charge in [-0.15, -0.1) is 0 Å². The SMILES string of the molecule is CCc1oc2ccccc2c1C=CC(=O)N1CCCN(CC(=O)N2CCCC2)CC1. The molecule has 4 rings (SSSR count). The number of benzene rings is 1. The van der Waals surface area contributed by atoms with Crippen LogP contribution in [0, 0.1) is 0 Å². The van der Waals surface area contributed by atoms with Crippen LogP contribution in [0.5, 0.6) is 0 Å². The number of furan rings is 1. The van der Waals surface area contributed by atoms with Crippen molar-refractivity contribution < 1.29 is 14.0 Å². The van der Waals surface area contributed by atoms with E-state index in [-0.39, 0.29) is 11.8 Å². The number of hydrogen-bond acceptors (Lipinski definition) is 4. The number of nitrogens with zero attached hydrogens (tertiary/aromatic N) is 3. The number of likely N-dealkylation sites (tertiary alicyclic amines) is 1. The Labute approximate surface area is 178 Å². The molecule has 0 saturated carbocycles. The van der Waals surface area contributed by atoms with E-state index in [2.05, 4.69) is 11.8 Å². The molecule has 0 N–H and O–H groups in total. The highest BCUT2D eigenvalue weighted by Crippen LogP contribution is 2.27. The largest absolute Gasteiger partial charge is 0.460 e. The van der Waals surface area contributed by atoms with Crippen molar-refractivity contribution >= 4 is 28.9 Å². The summed E-state index contributed by atoms with van der Waals surface area (Å²) in [5.74, 6) is 1.16.